The Balaban J connectivity index is 1.69. The third-order valence-corrected chi connectivity index (χ3v) is 6.34. The van der Waals surface area contributed by atoms with Gasteiger partial charge in [0.25, 0.3) is 0 Å². The number of hydrogen-bond donors (Lipinski definition) is 1. The third kappa shape index (κ3) is 2.33. The first-order chi connectivity index (χ1) is 11.0. The fraction of sp³-hybridized carbons (Fsp3) is 0.550. The zero-order valence-corrected chi connectivity index (χ0v) is 13.8. The number of fused-ring (bicyclic) bond motifs is 5. The van der Waals surface area contributed by atoms with Crippen LogP contribution in [0, 0.1) is 17.3 Å². The van der Waals surface area contributed by atoms with Crippen LogP contribution < -0.4 is 4.74 Å². The summed E-state index contributed by atoms with van der Waals surface area (Å²) in [7, 11) is 0. The Morgan fingerprint density at radius 2 is 2.17 bits per heavy atom. The molecule has 0 radical (unpaired) electrons. The van der Waals surface area contributed by atoms with Gasteiger partial charge in [-0.1, -0.05) is 25.1 Å². The number of aliphatic hydroxyl groups is 1. The van der Waals surface area contributed by atoms with Crippen molar-refractivity contribution in [2.75, 3.05) is 0 Å². The molecule has 1 aromatic carbocycles. The van der Waals surface area contributed by atoms with Gasteiger partial charge < -0.3 is 9.84 Å². The zero-order chi connectivity index (χ0) is 16.2. The first kappa shape index (κ1) is 14.9. The van der Waals surface area contributed by atoms with Gasteiger partial charge in [-0.25, -0.2) is 0 Å². The minimum atomic E-state index is -0.454. The van der Waals surface area contributed by atoms with Gasteiger partial charge in [-0.05, 0) is 72.1 Å². The highest BCUT2D eigenvalue weighted by molar-refractivity contribution is 5.69. The fourth-order valence-electron chi connectivity index (χ4n) is 5.28. The lowest BCUT2D eigenvalue weighted by Crippen LogP contribution is -2.40. The van der Waals surface area contributed by atoms with Crippen LogP contribution >= 0.6 is 0 Å². The van der Waals surface area contributed by atoms with Crippen LogP contribution in [0.2, 0.25) is 0 Å². The van der Waals surface area contributed by atoms with E-state index in [9.17, 15) is 9.90 Å². The number of benzene rings is 1. The summed E-state index contributed by atoms with van der Waals surface area (Å²) in [5.41, 5.74) is 2.54. The van der Waals surface area contributed by atoms with Gasteiger partial charge in [-0.15, -0.1) is 0 Å². The second-order valence-electron chi connectivity index (χ2n) is 7.70. The molecule has 3 heteroatoms. The summed E-state index contributed by atoms with van der Waals surface area (Å²) in [5, 5.41) is 10.7. The predicted octanol–water partition coefficient (Wildman–Crippen LogP) is 4.13. The molecule has 1 aromatic rings. The molecule has 3 unspecified atom stereocenters. The zero-order valence-electron chi connectivity index (χ0n) is 13.8. The molecule has 5 atom stereocenters. The molecule has 0 aromatic heterocycles. The van der Waals surface area contributed by atoms with Gasteiger partial charge in [0, 0.05) is 6.92 Å². The molecule has 1 fully saturated rings. The van der Waals surface area contributed by atoms with E-state index >= 15 is 0 Å². The number of carbonyl (C=O) groups excluding carboxylic acids is 1. The highest BCUT2D eigenvalue weighted by Gasteiger charge is 2.49. The number of allylic oxidation sites excluding steroid dienone is 2. The lowest BCUT2D eigenvalue weighted by atomic mass is 9.55. The number of rotatable bonds is 1. The summed E-state index contributed by atoms with van der Waals surface area (Å²) in [6.07, 6.45) is 8.64. The molecule has 1 N–H and O–H groups in total. The summed E-state index contributed by atoms with van der Waals surface area (Å²) in [6.45, 7) is 3.78. The molecular weight excluding hydrogens is 288 g/mol. The van der Waals surface area contributed by atoms with E-state index in [0.717, 1.165) is 18.4 Å². The van der Waals surface area contributed by atoms with E-state index in [1.54, 1.807) is 0 Å². The lowest BCUT2D eigenvalue weighted by Gasteiger charge is -2.49. The smallest absolute Gasteiger partial charge is 0.308 e. The molecule has 1 saturated carbocycles. The highest BCUT2D eigenvalue weighted by Crippen LogP contribution is 2.60. The molecule has 3 aliphatic carbocycles. The summed E-state index contributed by atoms with van der Waals surface area (Å²) < 4.78 is 5.19. The molecule has 122 valence electrons. The van der Waals surface area contributed by atoms with E-state index in [1.165, 1.54) is 25.3 Å². The van der Waals surface area contributed by atoms with Gasteiger partial charge in [0.05, 0.1) is 6.10 Å². The van der Waals surface area contributed by atoms with E-state index in [0.29, 0.717) is 28.9 Å². The van der Waals surface area contributed by atoms with Gasteiger partial charge in [-0.2, -0.15) is 0 Å². The average Bonchev–Trinajstić information content (AvgIpc) is 2.89. The van der Waals surface area contributed by atoms with Crippen molar-refractivity contribution in [1.29, 1.82) is 0 Å². The molecule has 23 heavy (non-hydrogen) atoms. The second-order valence-corrected chi connectivity index (χ2v) is 7.70. The number of carbonyl (C=O) groups is 1. The van der Waals surface area contributed by atoms with Gasteiger partial charge in [0.2, 0.25) is 0 Å². The molecule has 3 aliphatic rings. The van der Waals surface area contributed by atoms with E-state index in [1.807, 2.05) is 12.1 Å². The van der Waals surface area contributed by atoms with Crippen LogP contribution in [0.1, 0.15) is 62.7 Å². The normalized spacial score (nSPS) is 37.7. The third-order valence-electron chi connectivity index (χ3n) is 6.34. The monoisotopic (exact) mass is 312 g/mol. The molecule has 0 aliphatic heterocycles. The Kier molecular flexibility index (Phi) is 3.38. The minimum Gasteiger partial charge on any atom is -0.427 e. The predicted molar refractivity (Wildman–Crippen MR) is 88.1 cm³/mol. The van der Waals surface area contributed by atoms with Crippen molar-refractivity contribution in [3.8, 4) is 5.75 Å². The molecule has 3 nitrogen and oxygen atoms in total. The van der Waals surface area contributed by atoms with Gasteiger partial charge in [-0.3, -0.25) is 4.79 Å². The van der Waals surface area contributed by atoms with Crippen LogP contribution in [0.5, 0.6) is 5.75 Å². The number of ether oxygens (including phenoxy) is 1. The van der Waals surface area contributed by atoms with Crippen LogP contribution in [0.15, 0.2) is 30.4 Å². The maximum atomic E-state index is 11.2. The van der Waals surface area contributed by atoms with Crippen molar-refractivity contribution in [2.24, 2.45) is 17.3 Å². The van der Waals surface area contributed by atoms with Crippen molar-refractivity contribution < 1.29 is 14.6 Å². The quantitative estimate of drug-likeness (QED) is 0.482. The van der Waals surface area contributed by atoms with E-state index in [-0.39, 0.29) is 5.97 Å². The number of aliphatic hydroxyl groups excluding tert-OH is 1. The van der Waals surface area contributed by atoms with Crippen molar-refractivity contribution >= 4 is 5.97 Å². The van der Waals surface area contributed by atoms with Gasteiger partial charge in [0.1, 0.15) is 5.75 Å². The molecule has 4 rings (SSSR count). The standard InChI is InChI=1S/C20H24O3/c1-12(21)23-13-5-6-14-15-7-9-20(2)8-3-4-18(20)16(15)11-19(22)17(14)10-13/h3,5-6,8,10,15-16,18-19,22H,4,7,9,11H2,1-2H3/t15?,16?,18?,19-,20-/m0/s1. The molecular formula is C20H24O3. The summed E-state index contributed by atoms with van der Waals surface area (Å²) in [5.74, 6) is 1.94. The Labute approximate surface area is 137 Å². The largest absolute Gasteiger partial charge is 0.427 e. The summed E-state index contributed by atoms with van der Waals surface area (Å²) in [6, 6.07) is 5.80. The van der Waals surface area contributed by atoms with Crippen molar-refractivity contribution in [2.45, 2.75) is 51.6 Å². The van der Waals surface area contributed by atoms with Crippen molar-refractivity contribution in [3.63, 3.8) is 0 Å². The van der Waals surface area contributed by atoms with E-state index in [2.05, 4.69) is 25.1 Å². The van der Waals surface area contributed by atoms with E-state index in [4.69, 9.17) is 4.74 Å². The van der Waals surface area contributed by atoms with Crippen molar-refractivity contribution in [1.82, 2.24) is 0 Å². The molecule has 0 saturated heterocycles. The first-order valence-electron chi connectivity index (χ1n) is 8.66. The molecule has 0 bridgehead atoms. The van der Waals surface area contributed by atoms with E-state index < -0.39 is 6.10 Å². The maximum Gasteiger partial charge on any atom is 0.308 e. The topological polar surface area (TPSA) is 46.5 Å². The molecule has 0 heterocycles. The van der Waals surface area contributed by atoms with Crippen LogP contribution in [0.25, 0.3) is 0 Å². The van der Waals surface area contributed by atoms with Crippen LogP contribution in [-0.2, 0) is 4.79 Å². The molecule has 0 amide bonds. The van der Waals surface area contributed by atoms with Gasteiger partial charge >= 0.3 is 5.97 Å². The lowest BCUT2D eigenvalue weighted by molar-refractivity contribution is -0.131. The fourth-order valence-corrected chi connectivity index (χ4v) is 5.28. The molecule has 0 spiro atoms. The second kappa shape index (κ2) is 5.20. The SMILES string of the molecule is CC(=O)Oc1ccc2c(c1)[C@@H](O)CC1C2CC[C@]2(C)C=CCC12. The highest BCUT2D eigenvalue weighted by atomic mass is 16.5. The summed E-state index contributed by atoms with van der Waals surface area (Å²) >= 11 is 0. The van der Waals surface area contributed by atoms with Crippen LogP contribution in [0.4, 0.5) is 0 Å². The summed E-state index contributed by atoms with van der Waals surface area (Å²) in [4.78, 5) is 11.2. The number of hydrogen-bond acceptors (Lipinski definition) is 3. The Morgan fingerprint density at radius 3 is 2.96 bits per heavy atom. The van der Waals surface area contributed by atoms with Crippen molar-refractivity contribution in [3.05, 3.63) is 41.5 Å². The Bertz CT molecular complexity index is 677. The Morgan fingerprint density at radius 1 is 1.35 bits per heavy atom. The van der Waals surface area contributed by atoms with Crippen LogP contribution in [-0.4, -0.2) is 11.1 Å². The average molecular weight is 312 g/mol. The Hall–Kier alpha value is -1.61. The van der Waals surface area contributed by atoms with Gasteiger partial charge in [0.15, 0.2) is 0 Å². The first-order valence-corrected chi connectivity index (χ1v) is 8.66. The van der Waals surface area contributed by atoms with Crippen LogP contribution in [0.3, 0.4) is 0 Å². The minimum absolute atomic E-state index is 0.316. The number of esters is 1. The maximum absolute atomic E-state index is 11.2.